The van der Waals surface area contributed by atoms with E-state index in [2.05, 4.69) is 48.6 Å². The molecule has 0 radical (unpaired) electrons. The number of benzene rings is 4. The van der Waals surface area contributed by atoms with Crippen molar-refractivity contribution in [2.24, 2.45) is 0 Å². The third kappa shape index (κ3) is 5.24. The fourth-order valence-electron chi connectivity index (χ4n) is 3.42. The topological polar surface area (TPSA) is 34.1 Å². The van der Waals surface area contributed by atoms with E-state index in [-0.39, 0.29) is 0 Å². The highest BCUT2D eigenvalue weighted by molar-refractivity contribution is 5.83. The van der Waals surface area contributed by atoms with Gasteiger partial charge in [-0.2, -0.15) is 0 Å². The summed E-state index contributed by atoms with van der Waals surface area (Å²) in [4.78, 5) is 21.8. The van der Waals surface area contributed by atoms with Crippen LogP contribution in [0, 0.1) is 0 Å². The molecule has 4 aromatic carbocycles. The zero-order chi connectivity index (χ0) is 22.2. The molecule has 0 aliphatic carbocycles. The largest absolute Gasteiger partial charge is 0.298 e. The maximum atomic E-state index is 10.9. The number of hydrogen-bond donors (Lipinski definition) is 0. The Bertz CT molecular complexity index is 1260. The molecule has 0 amide bonds. The molecule has 0 aliphatic rings. The summed E-state index contributed by atoms with van der Waals surface area (Å²) in [7, 11) is 0. The molecule has 0 fully saturated rings. The Hall–Kier alpha value is -4.30. The molecule has 0 aliphatic heterocycles. The molecule has 2 heteroatoms. The highest BCUT2D eigenvalue weighted by Gasteiger charge is 2.02. The maximum Gasteiger partial charge on any atom is 0.150 e. The molecule has 0 bridgehead atoms. The standard InChI is InChI=1S/C30H22O2/c31-21-25-10-6-23(7-11-25)14-16-28-18-19-30(27-4-2-1-3-5-27)20-29(28)17-15-24-8-12-26(22-32)13-9-24/h1-22H. The first-order chi connectivity index (χ1) is 15.7. The molecule has 32 heavy (non-hydrogen) atoms. The van der Waals surface area contributed by atoms with E-state index >= 15 is 0 Å². The molecular weight excluding hydrogens is 392 g/mol. The molecular formula is C30H22O2. The van der Waals surface area contributed by atoms with Crippen LogP contribution in [0.4, 0.5) is 0 Å². The third-order valence-electron chi connectivity index (χ3n) is 5.25. The van der Waals surface area contributed by atoms with Crippen molar-refractivity contribution in [3.63, 3.8) is 0 Å². The predicted molar refractivity (Wildman–Crippen MR) is 133 cm³/mol. The second-order valence-electron chi connectivity index (χ2n) is 7.45. The van der Waals surface area contributed by atoms with Crippen molar-refractivity contribution in [1.29, 1.82) is 0 Å². The second-order valence-corrected chi connectivity index (χ2v) is 7.45. The molecule has 0 heterocycles. The molecule has 2 nitrogen and oxygen atoms in total. The smallest absolute Gasteiger partial charge is 0.150 e. The summed E-state index contributed by atoms with van der Waals surface area (Å²) in [5.41, 5.74) is 7.88. The zero-order valence-electron chi connectivity index (χ0n) is 17.5. The molecule has 154 valence electrons. The van der Waals surface area contributed by atoms with E-state index in [1.54, 1.807) is 0 Å². The fraction of sp³-hybridized carbons (Fsp3) is 0. The summed E-state index contributed by atoms with van der Waals surface area (Å²) in [6.45, 7) is 0. The number of hydrogen-bond acceptors (Lipinski definition) is 2. The van der Waals surface area contributed by atoms with Crippen LogP contribution in [0.3, 0.4) is 0 Å². The first-order valence-corrected chi connectivity index (χ1v) is 10.4. The van der Waals surface area contributed by atoms with Crippen LogP contribution >= 0.6 is 0 Å². The van der Waals surface area contributed by atoms with Gasteiger partial charge in [0.2, 0.25) is 0 Å². The van der Waals surface area contributed by atoms with Crippen LogP contribution in [-0.2, 0) is 0 Å². The van der Waals surface area contributed by atoms with Gasteiger partial charge in [-0.15, -0.1) is 0 Å². The first kappa shape index (κ1) is 21.0. The SMILES string of the molecule is O=Cc1ccc(C=Cc2ccc(-c3ccccc3)cc2C=Cc2ccc(C=O)cc2)cc1. The Morgan fingerprint density at radius 3 is 1.44 bits per heavy atom. The number of carbonyl (C=O) groups is 2. The van der Waals surface area contributed by atoms with Crippen LogP contribution in [0.2, 0.25) is 0 Å². The van der Waals surface area contributed by atoms with Crippen LogP contribution in [0.25, 0.3) is 35.4 Å². The van der Waals surface area contributed by atoms with Crippen molar-refractivity contribution in [2.75, 3.05) is 0 Å². The van der Waals surface area contributed by atoms with Gasteiger partial charge >= 0.3 is 0 Å². The van der Waals surface area contributed by atoms with E-state index in [0.717, 1.165) is 46.0 Å². The number of rotatable bonds is 7. The molecule has 0 unspecified atom stereocenters. The van der Waals surface area contributed by atoms with Crippen molar-refractivity contribution >= 4 is 36.9 Å². The van der Waals surface area contributed by atoms with E-state index in [1.165, 1.54) is 0 Å². The molecule has 0 atom stereocenters. The molecule has 0 spiro atoms. The Labute approximate surface area is 188 Å². The Balaban J connectivity index is 1.68. The molecule has 0 N–H and O–H groups in total. The van der Waals surface area contributed by atoms with E-state index in [0.29, 0.717) is 11.1 Å². The lowest BCUT2D eigenvalue weighted by Crippen LogP contribution is -1.85. The Morgan fingerprint density at radius 2 is 0.906 bits per heavy atom. The van der Waals surface area contributed by atoms with Crippen molar-refractivity contribution < 1.29 is 9.59 Å². The minimum absolute atomic E-state index is 0.664. The van der Waals surface area contributed by atoms with Gasteiger partial charge in [0, 0.05) is 11.1 Å². The van der Waals surface area contributed by atoms with Gasteiger partial charge in [-0.3, -0.25) is 9.59 Å². The highest BCUT2D eigenvalue weighted by atomic mass is 16.1. The molecule has 4 aromatic rings. The summed E-state index contributed by atoms with van der Waals surface area (Å²) in [6.07, 6.45) is 9.97. The van der Waals surface area contributed by atoms with Gasteiger partial charge in [0.1, 0.15) is 12.6 Å². The number of aldehydes is 2. The average Bonchev–Trinajstić information content (AvgIpc) is 2.87. The van der Waals surface area contributed by atoms with Crippen LogP contribution in [-0.4, -0.2) is 12.6 Å². The van der Waals surface area contributed by atoms with Crippen molar-refractivity contribution in [3.05, 3.63) is 130 Å². The minimum Gasteiger partial charge on any atom is -0.298 e. The average molecular weight is 415 g/mol. The highest BCUT2D eigenvalue weighted by Crippen LogP contribution is 2.25. The first-order valence-electron chi connectivity index (χ1n) is 10.4. The van der Waals surface area contributed by atoms with Gasteiger partial charge in [-0.25, -0.2) is 0 Å². The van der Waals surface area contributed by atoms with Crippen LogP contribution < -0.4 is 0 Å². The minimum atomic E-state index is 0.664. The van der Waals surface area contributed by atoms with Gasteiger partial charge in [0.25, 0.3) is 0 Å². The lowest BCUT2D eigenvalue weighted by molar-refractivity contribution is 0.111. The van der Waals surface area contributed by atoms with Gasteiger partial charge in [-0.1, -0.05) is 115 Å². The van der Waals surface area contributed by atoms with Crippen molar-refractivity contribution in [1.82, 2.24) is 0 Å². The summed E-state index contributed by atoms with van der Waals surface area (Å²) >= 11 is 0. The van der Waals surface area contributed by atoms with E-state index in [9.17, 15) is 9.59 Å². The lowest BCUT2D eigenvalue weighted by Gasteiger charge is -2.07. The summed E-state index contributed by atoms with van der Waals surface area (Å²) in [5, 5.41) is 0. The van der Waals surface area contributed by atoms with Crippen LogP contribution in [0.5, 0.6) is 0 Å². The van der Waals surface area contributed by atoms with E-state index in [4.69, 9.17) is 0 Å². The Kier molecular flexibility index (Phi) is 6.64. The van der Waals surface area contributed by atoms with E-state index < -0.39 is 0 Å². The van der Waals surface area contributed by atoms with Gasteiger partial charge in [0.05, 0.1) is 0 Å². The maximum absolute atomic E-state index is 10.9. The summed E-state index contributed by atoms with van der Waals surface area (Å²) in [6, 6.07) is 31.7. The second kappa shape index (κ2) is 10.1. The van der Waals surface area contributed by atoms with Crippen LogP contribution in [0.15, 0.2) is 97.1 Å². The van der Waals surface area contributed by atoms with Crippen molar-refractivity contribution in [2.45, 2.75) is 0 Å². The van der Waals surface area contributed by atoms with Gasteiger partial charge < -0.3 is 0 Å². The quantitative estimate of drug-likeness (QED) is 0.234. The lowest BCUT2D eigenvalue weighted by atomic mass is 9.97. The third-order valence-corrected chi connectivity index (χ3v) is 5.25. The Morgan fingerprint density at radius 1 is 0.406 bits per heavy atom. The molecule has 0 saturated heterocycles. The molecule has 4 rings (SSSR count). The molecule has 0 aromatic heterocycles. The number of carbonyl (C=O) groups excluding carboxylic acids is 2. The summed E-state index contributed by atoms with van der Waals surface area (Å²) in [5.74, 6) is 0. The fourth-order valence-corrected chi connectivity index (χ4v) is 3.42. The van der Waals surface area contributed by atoms with Gasteiger partial charge in [0.15, 0.2) is 0 Å². The predicted octanol–water partition coefficient (Wildman–Crippen LogP) is 7.32. The van der Waals surface area contributed by atoms with Crippen LogP contribution in [0.1, 0.15) is 43.0 Å². The monoisotopic (exact) mass is 414 g/mol. The molecule has 0 saturated carbocycles. The zero-order valence-corrected chi connectivity index (χ0v) is 17.5. The van der Waals surface area contributed by atoms with E-state index in [1.807, 2.05) is 72.8 Å². The normalized spacial score (nSPS) is 11.1. The van der Waals surface area contributed by atoms with Gasteiger partial charge in [-0.05, 0) is 39.4 Å². The van der Waals surface area contributed by atoms with Crippen molar-refractivity contribution in [3.8, 4) is 11.1 Å². The summed E-state index contributed by atoms with van der Waals surface area (Å²) < 4.78 is 0.